The Morgan fingerprint density at radius 1 is 1.25 bits per heavy atom. The molecule has 1 aromatic carbocycles. The molecule has 142 valence electrons. The molecule has 0 fully saturated rings. The van der Waals surface area contributed by atoms with Gasteiger partial charge in [-0.1, -0.05) is 18.2 Å². The van der Waals surface area contributed by atoms with Gasteiger partial charge in [0.05, 0.1) is 4.88 Å². The number of thiophene rings is 1. The first-order valence-corrected chi connectivity index (χ1v) is 9.83. The number of hydrogen-bond acceptors (Lipinski definition) is 6. The van der Waals surface area contributed by atoms with Crippen LogP contribution in [0.5, 0.6) is 0 Å². The molecule has 0 aliphatic carbocycles. The molecule has 0 spiro atoms. The van der Waals surface area contributed by atoms with Gasteiger partial charge in [-0.15, -0.1) is 11.3 Å². The van der Waals surface area contributed by atoms with Crippen molar-refractivity contribution in [3.63, 3.8) is 0 Å². The molecule has 1 atom stereocenters. The number of aromatic amines is 2. The highest BCUT2D eigenvalue weighted by Crippen LogP contribution is 2.26. The van der Waals surface area contributed by atoms with Crippen LogP contribution in [0.1, 0.15) is 18.8 Å². The number of carbonyl (C=O) groups is 1. The van der Waals surface area contributed by atoms with E-state index >= 15 is 0 Å². The fourth-order valence-corrected chi connectivity index (χ4v) is 3.82. The predicted molar refractivity (Wildman–Crippen MR) is 111 cm³/mol. The molecule has 1 unspecified atom stereocenters. The summed E-state index contributed by atoms with van der Waals surface area (Å²) in [7, 11) is 0. The van der Waals surface area contributed by atoms with E-state index in [1.165, 1.54) is 11.3 Å². The third-order valence-electron chi connectivity index (χ3n) is 4.20. The van der Waals surface area contributed by atoms with Crippen LogP contribution < -0.4 is 5.32 Å². The first kappa shape index (κ1) is 18.3. The number of aromatic nitrogens is 6. The Morgan fingerprint density at radius 2 is 2.11 bits per heavy atom. The Hall–Kier alpha value is -3.11. The molecule has 3 N–H and O–H groups in total. The van der Waals surface area contributed by atoms with Gasteiger partial charge in [0.1, 0.15) is 11.9 Å². The van der Waals surface area contributed by atoms with Crippen LogP contribution in [0.25, 0.3) is 22.1 Å². The lowest BCUT2D eigenvalue weighted by molar-refractivity contribution is -0.118. The second-order valence-corrected chi connectivity index (χ2v) is 7.52. The van der Waals surface area contributed by atoms with Crippen molar-refractivity contribution in [2.45, 2.75) is 19.9 Å². The van der Waals surface area contributed by atoms with Crippen LogP contribution in [0.3, 0.4) is 0 Å². The lowest BCUT2D eigenvalue weighted by Crippen LogP contribution is -2.24. The average Bonchev–Trinajstić information content (AvgIpc) is 3.42. The van der Waals surface area contributed by atoms with Gasteiger partial charge in [-0.25, -0.2) is 4.98 Å². The number of aryl methyl sites for hydroxylation is 1. The van der Waals surface area contributed by atoms with Gasteiger partial charge < -0.3 is 5.32 Å². The molecule has 0 aliphatic heterocycles. The minimum atomic E-state index is -0.544. The number of hydrogen-bond donors (Lipinski definition) is 3. The van der Waals surface area contributed by atoms with Crippen molar-refractivity contribution in [3.05, 3.63) is 52.4 Å². The fraction of sp³-hybridized carbons (Fsp3) is 0.167. The number of anilines is 1. The maximum absolute atomic E-state index is 12.9. The number of nitrogens with one attached hydrogen (secondary N) is 3. The quantitative estimate of drug-likeness (QED) is 0.431. The van der Waals surface area contributed by atoms with Crippen LogP contribution in [0.2, 0.25) is 0 Å². The van der Waals surface area contributed by atoms with Gasteiger partial charge in [0.2, 0.25) is 5.91 Å². The minimum absolute atomic E-state index is 0.196. The molecular formula is C18H17N7OS2. The van der Waals surface area contributed by atoms with E-state index in [1.807, 2.05) is 48.7 Å². The van der Waals surface area contributed by atoms with Crippen LogP contribution in [-0.2, 0) is 4.79 Å². The molecule has 4 aromatic rings. The largest absolute Gasteiger partial charge is 0.324 e. The average molecular weight is 412 g/mol. The van der Waals surface area contributed by atoms with E-state index in [1.54, 1.807) is 11.5 Å². The zero-order valence-electron chi connectivity index (χ0n) is 15.1. The van der Waals surface area contributed by atoms with E-state index in [9.17, 15) is 4.79 Å². The molecule has 3 aromatic heterocycles. The molecule has 0 bridgehead atoms. The first-order chi connectivity index (χ1) is 13.5. The molecule has 0 saturated carbocycles. The second kappa shape index (κ2) is 7.49. The van der Waals surface area contributed by atoms with E-state index in [0.717, 1.165) is 16.3 Å². The number of nitrogens with zero attached hydrogens (tertiary/aromatic N) is 4. The Balaban J connectivity index is 1.58. The summed E-state index contributed by atoms with van der Waals surface area (Å²) in [6.07, 6.45) is 0. The highest BCUT2D eigenvalue weighted by atomic mass is 32.1. The lowest BCUT2D eigenvalue weighted by atomic mass is 10.2. The van der Waals surface area contributed by atoms with Gasteiger partial charge >= 0.3 is 0 Å². The molecule has 8 nitrogen and oxygen atoms in total. The monoisotopic (exact) mass is 411 g/mol. The van der Waals surface area contributed by atoms with Gasteiger partial charge in [0.15, 0.2) is 16.4 Å². The highest BCUT2D eigenvalue weighted by molar-refractivity contribution is 7.71. The van der Waals surface area contributed by atoms with Crippen molar-refractivity contribution in [2.75, 3.05) is 5.32 Å². The Labute approximate surface area is 169 Å². The summed E-state index contributed by atoms with van der Waals surface area (Å²) in [6, 6.07) is 10.7. The highest BCUT2D eigenvalue weighted by Gasteiger charge is 2.21. The Morgan fingerprint density at radius 3 is 2.82 bits per heavy atom. The fourth-order valence-electron chi connectivity index (χ4n) is 2.82. The normalized spacial score (nSPS) is 12.1. The molecule has 4 rings (SSSR count). The summed E-state index contributed by atoms with van der Waals surface area (Å²) in [6.45, 7) is 3.63. The van der Waals surface area contributed by atoms with Gasteiger partial charge in [-0.05, 0) is 49.6 Å². The van der Waals surface area contributed by atoms with E-state index in [2.05, 4.69) is 30.7 Å². The van der Waals surface area contributed by atoms with Crippen LogP contribution in [0, 0.1) is 11.7 Å². The third kappa shape index (κ3) is 3.51. The van der Waals surface area contributed by atoms with Crippen molar-refractivity contribution < 1.29 is 4.79 Å². The molecule has 0 radical (unpaired) electrons. The standard InChI is InChI=1S/C18H17N7OS2/c1-10(25-16(23-24-18(25)27)14-7-4-8-28-14)17(26)20-13-6-3-5-12(9-13)15-19-11(2)21-22-15/h3-10H,1-2H3,(H,20,26)(H,24,27)(H,19,21,22). The van der Waals surface area contributed by atoms with E-state index in [0.29, 0.717) is 22.1 Å². The van der Waals surface area contributed by atoms with Crippen LogP contribution in [-0.4, -0.2) is 35.9 Å². The lowest BCUT2D eigenvalue weighted by Gasteiger charge is -2.15. The zero-order valence-corrected chi connectivity index (χ0v) is 16.8. The van der Waals surface area contributed by atoms with E-state index in [-0.39, 0.29) is 5.91 Å². The van der Waals surface area contributed by atoms with Crippen molar-refractivity contribution in [1.82, 2.24) is 29.9 Å². The van der Waals surface area contributed by atoms with E-state index in [4.69, 9.17) is 12.2 Å². The smallest absolute Gasteiger partial charge is 0.247 e. The van der Waals surface area contributed by atoms with Crippen LogP contribution >= 0.6 is 23.6 Å². The molecule has 0 saturated heterocycles. The van der Waals surface area contributed by atoms with Crippen molar-refractivity contribution in [2.24, 2.45) is 0 Å². The maximum Gasteiger partial charge on any atom is 0.247 e. The predicted octanol–water partition coefficient (Wildman–Crippen LogP) is 3.96. The first-order valence-electron chi connectivity index (χ1n) is 8.54. The number of benzene rings is 1. The summed E-state index contributed by atoms with van der Waals surface area (Å²) >= 11 is 6.88. The zero-order chi connectivity index (χ0) is 19.7. The molecule has 1 amide bonds. The van der Waals surface area contributed by atoms with Gasteiger partial charge in [-0.2, -0.15) is 10.2 Å². The summed E-state index contributed by atoms with van der Waals surface area (Å²) in [4.78, 5) is 18.1. The minimum Gasteiger partial charge on any atom is -0.324 e. The molecule has 28 heavy (non-hydrogen) atoms. The molecule has 10 heteroatoms. The van der Waals surface area contributed by atoms with Gasteiger partial charge in [-0.3, -0.25) is 19.6 Å². The summed E-state index contributed by atoms with van der Waals surface area (Å²) in [5, 5.41) is 18.9. The molecule has 0 aliphatic rings. The Kier molecular flexibility index (Phi) is 4.88. The van der Waals surface area contributed by atoms with Crippen LogP contribution in [0.4, 0.5) is 5.69 Å². The number of amides is 1. The van der Waals surface area contributed by atoms with Crippen molar-refractivity contribution in [3.8, 4) is 22.1 Å². The topological polar surface area (TPSA) is 104 Å². The molecular weight excluding hydrogens is 394 g/mol. The number of H-pyrrole nitrogens is 2. The summed E-state index contributed by atoms with van der Waals surface area (Å²) in [5.74, 6) is 1.76. The SMILES string of the molecule is Cc1nc(-c2cccc(NC(=O)C(C)n3c(-c4cccs4)n[nH]c3=S)c2)n[nH]1. The maximum atomic E-state index is 12.9. The summed E-state index contributed by atoms with van der Waals surface area (Å²) in [5.41, 5.74) is 1.47. The Bertz CT molecular complexity index is 1170. The van der Waals surface area contributed by atoms with Crippen molar-refractivity contribution in [1.29, 1.82) is 0 Å². The van der Waals surface area contributed by atoms with Crippen LogP contribution in [0.15, 0.2) is 41.8 Å². The molecule has 3 heterocycles. The van der Waals surface area contributed by atoms with Gasteiger partial charge in [0.25, 0.3) is 0 Å². The van der Waals surface area contributed by atoms with Crippen molar-refractivity contribution >= 4 is 35.1 Å². The second-order valence-electron chi connectivity index (χ2n) is 6.19. The number of rotatable bonds is 5. The third-order valence-corrected chi connectivity index (χ3v) is 5.35. The van der Waals surface area contributed by atoms with Gasteiger partial charge in [0, 0.05) is 11.3 Å². The van der Waals surface area contributed by atoms with E-state index < -0.39 is 6.04 Å². The number of carbonyl (C=O) groups excluding carboxylic acids is 1. The summed E-state index contributed by atoms with van der Waals surface area (Å²) < 4.78 is 2.12.